The zero-order chi connectivity index (χ0) is 9.68. The van der Waals surface area contributed by atoms with Gasteiger partial charge in [-0.15, -0.1) is 0 Å². The van der Waals surface area contributed by atoms with Crippen LogP contribution in [0, 0.1) is 5.92 Å². The van der Waals surface area contributed by atoms with Crippen LogP contribution in [0.2, 0.25) is 0 Å². The van der Waals surface area contributed by atoms with Gasteiger partial charge in [-0.1, -0.05) is 26.7 Å². The fraction of sp³-hybridized carbons (Fsp3) is 0.600. The molecule has 0 saturated heterocycles. The van der Waals surface area contributed by atoms with E-state index in [4.69, 9.17) is 0 Å². The quantitative estimate of drug-likeness (QED) is 0.650. The second-order valence-corrected chi connectivity index (χ2v) is 3.27. The summed E-state index contributed by atoms with van der Waals surface area (Å²) in [6.07, 6.45) is 6.48. The van der Waals surface area contributed by atoms with Gasteiger partial charge in [0.25, 0.3) is 0 Å². The Bertz CT molecular complexity index is 264. The Morgan fingerprint density at radius 3 is 2.77 bits per heavy atom. The molecule has 3 heteroatoms. The highest BCUT2D eigenvalue weighted by atomic mass is 16.1. The lowest BCUT2D eigenvalue weighted by Gasteiger charge is -2.13. The maximum atomic E-state index is 10.6. The van der Waals surface area contributed by atoms with E-state index in [1.165, 1.54) is 0 Å². The Hall–Kier alpha value is -1.12. The minimum atomic E-state index is 0.646. The highest BCUT2D eigenvalue weighted by Crippen LogP contribution is 2.11. The zero-order valence-corrected chi connectivity index (χ0v) is 8.23. The molecule has 13 heavy (non-hydrogen) atoms. The van der Waals surface area contributed by atoms with Gasteiger partial charge in [0.05, 0.1) is 12.5 Å². The van der Waals surface area contributed by atoms with Crippen molar-refractivity contribution in [1.82, 2.24) is 9.55 Å². The van der Waals surface area contributed by atoms with E-state index in [-0.39, 0.29) is 0 Å². The van der Waals surface area contributed by atoms with Crippen LogP contribution in [-0.4, -0.2) is 15.8 Å². The second kappa shape index (κ2) is 4.80. The molecule has 0 radical (unpaired) electrons. The third kappa shape index (κ3) is 2.41. The van der Waals surface area contributed by atoms with Gasteiger partial charge >= 0.3 is 0 Å². The summed E-state index contributed by atoms with van der Waals surface area (Å²) in [5.41, 5.74) is 0.673. The van der Waals surface area contributed by atoms with Crippen LogP contribution in [0.1, 0.15) is 37.2 Å². The van der Waals surface area contributed by atoms with Crippen molar-refractivity contribution in [3.8, 4) is 0 Å². The van der Waals surface area contributed by atoms with Crippen molar-refractivity contribution in [3.63, 3.8) is 0 Å². The van der Waals surface area contributed by atoms with Gasteiger partial charge in [0.1, 0.15) is 5.69 Å². The summed E-state index contributed by atoms with van der Waals surface area (Å²) in [6.45, 7) is 5.25. The van der Waals surface area contributed by atoms with Gasteiger partial charge in [-0.2, -0.15) is 0 Å². The van der Waals surface area contributed by atoms with Crippen LogP contribution >= 0.6 is 0 Å². The molecular formula is C10H16N2O. The molecule has 0 aromatic carbocycles. The molecule has 1 heterocycles. The fourth-order valence-electron chi connectivity index (χ4n) is 1.41. The van der Waals surface area contributed by atoms with E-state index >= 15 is 0 Å². The number of hydrogen-bond donors (Lipinski definition) is 0. The van der Waals surface area contributed by atoms with Crippen LogP contribution < -0.4 is 0 Å². The van der Waals surface area contributed by atoms with E-state index in [2.05, 4.69) is 18.8 Å². The molecule has 0 atom stereocenters. The number of rotatable bonds is 5. The second-order valence-electron chi connectivity index (χ2n) is 3.27. The summed E-state index contributed by atoms with van der Waals surface area (Å²) in [7, 11) is 0. The Labute approximate surface area is 78.8 Å². The molecule has 0 fully saturated rings. The minimum Gasteiger partial charge on any atom is -0.328 e. The molecule has 0 saturated carbocycles. The third-order valence-electron chi connectivity index (χ3n) is 2.47. The Morgan fingerprint density at radius 2 is 2.23 bits per heavy atom. The van der Waals surface area contributed by atoms with Crippen LogP contribution in [0.5, 0.6) is 0 Å². The lowest BCUT2D eigenvalue weighted by Crippen LogP contribution is -2.10. The van der Waals surface area contributed by atoms with Gasteiger partial charge in [0.2, 0.25) is 0 Å². The van der Waals surface area contributed by atoms with Crippen LogP contribution in [0.4, 0.5) is 0 Å². The number of hydrogen-bond acceptors (Lipinski definition) is 2. The normalized spacial score (nSPS) is 10.7. The van der Waals surface area contributed by atoms with Gasteiger partial charge in [-0.25, -0.2) is 4.98 Å². The number of aldehydes is 1. The van der Waals surface area contributed by atoms with E-state index in [0.29, 0.717) is 11.6 Å². The number of carbonyl (C=O) groups excluding carboxylic acids is 1. The van der Waals surface area contributed by atoms with E-state index in [0.717, 1.165) is 25.7 Å². The molecule has 0 bridgehead atoms. The molecule has 3 nitrogen and oxygen atoms in total. The van der Waals surface area contributed by atoms with Gasteiger partial charge in [0, 0.05) is 6.54 Å². The summed E-state index contributed by atoms with van der Waals surface area (Å²) >= 11 is 0. The van der Waals surface area contributed by atoms with Crippen LogP contribution in [0.3, 0.4) is 0 Å². The number of aromatic nitrogens is 2. The maximum absolute atomic E-state index is 10.6. The smallest absolute Gasteiger partial charge is 0.168 e. The predicted octanol–water partition coefficient (Wildman–Crippen LogP) is 2.13. The maximum Gasteiger partial charge on any atom is 0.168 e. The lowest BCUT2D eigenvalue weighted by molar-refractivity contribution is 0.111. The van der Waals surface area contributed by atoms with Crippen molar-refractivity contribution in [2.24, 2.45) is 5.92 Å². The lowest BCUT2D eigenvalue weighted by atomic mass is 10.0. The van der Waals surface area contributed by atoms with E-state index in [1.807, 2.05) is 4.57 Å². The summed E-state index contributed by atoms with van der Waals surface area (Å²) in [4.78, 5) is 14.5. The standard InChI is InChI=1S/C10H16N2O/c1-3-9(4-2)6-12-8-11-5-10(12)7-13/h5,7-9H,3-4,6H2,1-2H3. The summed E-state index contributed by atoms with van der Waals surface area (Å²) in [6, 6.07) is 0. The highest BCUT2D eigenvalue weighted by molar-refractivity contribution is 5.71. The average molecular weight is 180 g/mol. The molecule has 0 spiro atoms. The first-order valence-electron chi connectivity index (χ1n) is 4.77. The number of carbonyl (C=O) groups is 1. The molecule has 0 aliphatic rings. The molecule has 0 N–H and O–H groups in total. The average Bonchev–Trinajstić information content (AvgIpc) is 2.61. The van der Waals surface area contributed by atoms with Gasteiger partial charge < -0.3 is 4.57 Å². The van der Waals surface area contributed by atoms with Crippen LogP contribution in [-0.2, 0) is 6.54 Å². The molecule has 0 amide bonds. The number of nitrogens with zero attached hydrogens (tertiary/aromatic N) is 2. The van der Waals surface area contributed by atoms with Crippen LogP contribution in [0.15, 0.2) is 12.5 Å². The fourth-order valence-corrected chi connectivity index (χ4v) is 1.41. The molecular weight excluding hydrogens is 164 g/mol. The van der Waals surface area contributed by atoms with Crippen molar-refractivity contribution < 1.29 is 4.79 Å². The van der Waals surface area contributed by atoms with Gasteiger partial charge in [-0.3, -0.25) is 4.79 Å². The zero-order valence-electron chi connectivity index (χ0n) is 8.23. The van der Waals surface area contributed by atoms with Gasteiger partial charge in [0.15, 0.2) is 6.29 Å². The molecule has 1 aromatic heterocycles. The highest BCUT2D eigenvalue weighted by Gasteiger charge is 2.06. The summed E-state index contributed by atoms with van der Waals surface area (Å²) in [5.74, 6) is 0.646. The predicted molar refractivity (Wildman–Crippen MR) is 51.7 cm³/mol. The van der Waals surface area contributed by atoms with Crippen molar-refractivity contribution in [3.05, 3.63) is 18.2 Å². The van der Waals surface area contributed by atoms with E-state index in [9.17, 15) is 4.79 Å². The molecule has 0 unspecified atom stereocenters. The van der Waals surface area contributed by atoms with Crippen molar-refractivity contribution in [2.45, 2.75) is 33.2 Å². The summed E-state index contributed by atoms with van der Waals surface area (Å²) < 4.78 is 1.92. The Balaban J connectivity index is 2.66. The topological polar surface area (TPSA) is 34.9 Å². The van der Waals surface area contributed by atoms with E-state index in [1.54, 1.807) is 12.5 Å². The largest absolute Gasteiger partial charge is 0.328 e. The Kier molecular flexibility index (Phi) is 3.68. The van der Waals surface area contributed by atoms with E-state index < -0.39 is 0 Å². The van der Waals surface area contributed by atoms with Crippen LogP contribution in [0.25, 0.3) is 0 Å². The SMILES string of the molecule is CCC(CC)Cn1cncc1C=O. The van der Waals surface area contributed by atoms with Crippen molar-refractivity contribution in [1.29, 1.82) is 0 Å². The minimum absolute atomic E-state index is 0.646. The molecule has 72 valence electrons. The molecule has 0 aliphatic heterocycles. The first kappa shape index (κ1) is 9.96. The first-order chi connectivity index (χ1) is 6.31. The Morgan fingerprint density at radius 1 is 1.54 bits per heavy atom. The summed E-state index contributed by atoms with van der Waals surface area (Å²) in [5, 5.41) is 0. The monoisotopic (exact) mass is 180 g/mol. The first-order valence-corrected chi connectivity index (χ1v) is 4.77. The molecule has 1 rings (SSSR count). The molecule has 0 aliphatic carbocycles. The third-order valence-corrected chi connectivity index (χ3v) is 2.47. The number of imidazole rings is 1. The van der Waals surface area contributed by atoms with Crippen molar-refractivity contribution >= 4 is 6.29 Å². The molecule has 1 aromatic rings. The van der Waals surface area contributed by atoms with Gasteiger partial charge in [-0.05, 0) is 5.92 Å². The van der Waals surface area contributed by atoms with Crippen molar-refractivity contribution in [2.75, 3.05) is 0 Å².